The van der Waals surface area contributed by atoms with Crippen molar-refractivity contribution >= 4 is 6.29 Å². The van der Waals surface area contributed by atoms with Gasteiger partial charge < -0.3 is 107 Å². The zero-order chi connectivity index (χ0) is 33.7. The van der Waals surface area contributed by atoms with Gasteiger partial charge >= 0.3 is 0 Å². The molecule has 0 bridgehead atoms. The highest BCUT2D eigenvalue weighted by Crippen LogP contribution is 2.30. The Morgan fingerprint density at radius 1 is 0.578 bits per heavy atom. The third-order valence-corrected chi connectivity index (χ3v) is 8.08. The molecule has 0 amide bonds. The second-order valence-electron chi connectivity index (χ2n) is 11.1. The molecule has 0 aliphatic carbocycles. The Balaban J connectivity index is 2.01. The van der Waals surface area contributed by atoms with E-state index in [0.29, 0.717) is 0 Å². The number of ether oxygens (including phenoxy) is 6. The van der Waals surface area contributed by atoms with Gasteiger partial charge in [-0.05, 0) is 0 Å². The van der Waals surface area contributed by atoms with Gasteiger partial charge in [-0.2, -0.15) is 0 Å². The molecule has 45 heavy (non-hydrogen) atoms. The van der Waals surface area contributed by atoms with Gasteiger partial charge in [0.15, 0.2) is 18.9 Å². The van der Waals surface area contributed by atoms with Crippen molar-refractivity contribution in [1.29, 1.82) is 0 Å². The molecular weight excluding hydrogens is 616 g/mol. The Bertz CT molecular complexity index is 910. The molecule has 3 aliphatic heterocycles. The molecule has 0 spiro atoms. The summed E-state index contributed by atoms with van der Waals surface area (Å²) in [7, 11) is 0. The van der Waals surface area contributed by atoms with E-state index in [1.165, 1.54) is 0 Å². The molecule has 19 atom stereocenters. The summed E-state index contributed by atoms with van der Waals surface area (Å²) in [6.45, 7) is -3.37. The van der Waals surface area contributed by atoms with E-state index in [0.717, 1.165) is 0 Å². The first-order valence-corrected chi connectivity index (χ1v) is 14.2. The summed E-state index contributed by atoms with van der Waals surface area (Å²) >= 11 is 0. The van der Waals surface area contributed by atoms with Crippen molar-refractivity contribution < 1.29 is 84.3 Å². The summed E-state index contributed by atoms with van der Waals surface area (Å²) < 4.78 is 34.1. The molecule has 3 saturated heterocycles. The topological polar surface area (TPSA) is 379 Å². The van der Waals surface area contributed by atoms with E-state index in [1.807, 2.05) is 0 Å². The molecular formula is C24H46N4O17. The van der Waals surface area contributed by atoms with Gasteiger partial charge in [-0.15, -0.1) is 0 Å². The summed E-state index contributed by atoms with van der Waals surface area (Å²) in [6, 6.07) is -6.18. The summed E-state index contributed by atoms with van der Waals surface area (Å²) in [6.07, 6.45) is -24.4. The molecule has 3 aliphatic rings. The summed E-state index contributed by atoms with van der Waals surface area (Å²) in [5.41, 5.74) is 24.1. The number of aliphatic hydroxyl groups excluding tert-OH is 10. The largest absolute Gasteiger partial charge is 0.394 e. The quantitative estimate of drug-likeness (QED) is 0.0767. The third kappa shape index (κ3) is 8.30. The lowest BCUT2D eigenvalue weighted by Crippen LogP contribution is -2.68. The Kier molecular flexibility index (Phi) is 14.3. The molecule has 264 valence electrons. The lowest BCUT2D eigenvalue weighted by atomic mass is 9.95. The summed E-state index contributed by atoms with van der Waals surface area (Å²) in [4.78, 5) is 12.0. The second kappa shape index (κ2) is 16.8. The average Bonchev–Trinajstić information content (AvgIpc) is 3.04. The normalized spacial score (nSPS) is 45.4. The minimum absolute atomic E-state index is 0.195. The molecule has 21 heteroatoms. The number of aliphatic hydroxyl groups is 10. The maximum Gasteiger partial charge on any atom is 0.176 e. The predicted molar refractivity (Wildman–Crippen MR) is 143 cm³/mol. The molecule has 0 saturated carbocycles. The average molecular weight is 663 g/mol. The molecule has 3 fully saturated rings. The van der Waals surface area contributed by atoms with Crippen LogP contribution in [0.2, 0.25) is 0 Å². The van der Waals surface area contributed by atoms with E-state index in [2.05, 4.69) is 0 Å². The van der Waals surface area contributed by atoms with Crippen LogP contribution >= 0.6 is 0 Å². The predicted octanol–water partition coefficient (Wildman–Crippen LogP) is -10.0. The SMILES string of the molecule is N[C@H]1[C@H](O[C@@H]([C@H](O[C@@H]2O[C@H](CO)[C@@H](O)[C@H](O)[C@H]2N)[C@@H](CO)O[C@@H]2O[C@H](CO)[C@@H](O)[C@H](O)[C@H]2N)[C@@H](N)C=O)O[C@H](CO)[C@@H](O)[C@@H]1O. The maximum absolute atomic E-state index is 12.0. The molecule has 0 aromatic heterocycles. The zero-order valence-electron chi connectivity index (χ0n) is 24.0. The third-order valence-electron chi connectivity index (χ3n) is 8.08. The van der Waals surface area contributed by atoms with Crippen LogP contribution in [0.15, 0.2) is 0 Å². The molecule has 18 N–H and O–H groups in total. The number of hydrogen-bond acceptors (Lipinski definition) is 21. The van der Waals surface area contributed by atoms with E-state index in [9.17, 15) is 55.9 Å². The van der Waals surface area contributed by atoms with Crippen molar-refractivity contribution in [2.24, 2.45) is 22.9 Å². The minimum atomic E-state index is -1.81. The molecule has 0 radical (unpaired) electrons. The van der Waals surface area contributed by atoms with E-state index in [4.69, 9.17) is 51.4 Å². The smallest absolute Gasteiger partial charge is 0.176 e. The van der Waals surface area contributed by atoms with Gasteiger partial charge in [0.2, 0.25) is 0 Å². The fourth-order valence-electron chi connectivity index (χ4n) is 5.23. The zero-order valence-corrected chi connectivity index (χ0v) is 24.0. The number of rotatable bonds is 14. The lowest BCUT2D eigenvalue weighted by Gasteiger charge is -2.47. The van der Waals surface area contributed by atoms with Crippen molar-refractivity contribution in [2.75, 3.05) is 26.4 Å². The van der Waals surface area contributed by atoms with Crippen molar-refractivity contribution in [1.82, 2.24) is 0 Å². The van der Waals surface area contributed by atoms with Gasteiger partial charge in [-0.25, -0.2) is 0 Å². The second-order valence-corrected chi connectivity index (χ2v) is 11.1. The molecule has 21 nitrogen and oxygen atoms in total. The molecule has 3 heterocycles. The van der Waals surface area contributed by atoms with Crippen molar-refractivity contribution in [3.63, 3.8) is 0 Å². The van der Waals surface area contributed by atoms with Crippen LogP contribution in [0.3, 0.4) is 0 Å². The first-order chi connectivity index (χ1) is 21.2. The van der Waals surface area contributed by atoms with Crippen molar-refractivity contribution in [3.8, 4) is 0 Å². The van der Waals surface area contributed by atoms with Gasteiger partial charge in [-0.3, -0.25) is 0 Å². The molecule has 0 unspecified atom stereocenters. The van der Waals surface area contributed by atoms with Crippen LogP contribution in [0.25, 0.3) is 0 Å². The molecule has 0 aromatic carbocycles. The standard InChI is InChI=1S/C24H46N4O17/c25-6(1-29)20(44-23-12(27)18(38)15(35)8(3-31)41-23)21(45-24-13(28)19(39)16(36)9(4-32)42-24)10(5-33)43-22-11(26)17(37)14(34)7(2-30)40-22/h1,6-24,30-39H,2-5,25-28H2/t6-,7+,8+,9+,10+,11+,12+,13+,14+,15+,16+,17+,18+,19+,20+,21+,22-,23-,24-/m0/s1. The van der Waals surface area contributed by atoms with Gasteiger partial charge in [0.05, 0.1) is 50.6 Å². The monoisotopic (exact) mass is 662 g/mol. The Morgan fingerprint density at radius 2 is 0.911 bits per heavy atom. The van der Waals surface area contributed by atoms with Crippen molar-refractivity contribution in [3.05, 3.63) is 0 Å². The van der Waals surface area contributed by atoms with Crippen LogP contribution in [0.1, 0.15) is 0 Å². The minimum Gasteiger partial charge on any atom is -0.394 e. The van der Waals surface area contributed by atoms with Gasteiger partial charge in [0, 0.05) is 0 Å². The van der Waals surface area contributed by atoms with E-state index in [-0.39, 0.29) is 6.29 Å². The van der Waals surface area contributed by atoms with E-state index < -0.39 is 143 Å². The van der Waals surface area contributed by atoms with Crippen LogP contribution in [-0.2, 0) is 33.2 Å². The fourth-order valence-corrected chi connectivity index (χ4v) is 5.23. The van der Waals surface area contributed by atoms with Crippen LogP contribution < -0.4 is 22.9 Å². The van der Waals surface area contributed by atoms with Gasteiger partial charge in [0.25, 0.3) is 0 Å². The van der Waals surface area contributed by atoms with Crippen LogP contribution in [0, 0.1) is 0 Å². The number of nitrogens with two attached hydrogens (primary N) is 4. The highest BCUT2D eigenvalue weighted by atomic mass is 16.7. The first-order valence-electron chi connectivity index (χ1n) is 14.2. The summed E-state index contributed by atoms with van der Waals surface area (Å²) in [5.74, 6) is 0. The number of hydrogen-bond donors (Lipinski definition) is 14. The molecule has 3 rings (SSSR count). The van der Waals surface area contributed by atoms with Crippen LogP contribution in [0.4, 0.5) is 0 Å². The number of aldehydes is 1. The number of carbonyl (C=O) groups excluding carboxylic acids is 1. The number of carbonyl (C=O) groups is 1. The summed E-state index contributed by atoms with van der Waals surface area (Å²) in [5, 5.41) is 101. The van der Waals surface area contributed by atoms with Crippen LogP contribution in [-0.4, -0.2) is 200 Å². The van der Waals surface area contributed by atoms with E-state index >= 15 is 0 Å². The molecule has 0 aromatic rings. The van der Waals surface area contributed by atoms with Crippen molar-refractivity contribution in [2.45, 2.75) is 116 Å². The Morgan fingerprint density at radius 3 is 1.22 bits per heavy atom. The van der Waals surface area contributed by atoms with Gasteiger partial charge in [0.1, 0.15) is 79.5 Å². The Hall–Kier alpha value is -1.13. The fraction of sp³-hybridized carbons (Fsp3) is 0.958. The maximum atomic E-state index is 12.0. The highest BCUT2D eigenvalue weighted by Gasteiger charge is 2.51. The Labute approximate surface area is 256 Å². The van der Waals surface area contributed by atoms with Gasteiger partial charge in [-0.1, -0.05) is 0 Å². The van der Waals surface area contributed by atoms with Crippen LogP contribution in [0.5, 0.6) is 0 Å². The first kappa shape index (κ1) is 38.3. The highest BCUT2D eigenvalue weighted by molar-refractivity contribution is 5.58. The van der Waals surface area contributed by atoms with E-state index in [1.54, 1.807) is 0 Å². The lowest BCUT2D eigenvalue weighted by molar-refractivity contribution is -0.338.